The molecule has 78 valence electrons. The van der Waals surface area contributed by atoms with Crippen molar-refractivity contribution in [1.29, 1.82) is 0 Å². The smallest absolute Gasteiger partial charge is 0.0712 e. The average Bonchev–Trinajstić information content (AvgIpc) is 1.95. The second-order valence-corrected chi connectivity index (χ2v) is 4.30. The van der Waals surface area contributed by atoms with E-state index in [1.165, 1.54) is 0 Å². The van der Waals surface area contributed by atoms with Gasteiger partial charge in [0.1, 0.15) is 0 Å². The van der Waals surface area contributed by atoms with Crippen LogP contribution in [0.5, 0.6) is 0 Å². The van der Waals surface area contributed by atoms with Crippen molar-refractivity contribution in [3.63, 3.8) is 0 Å². The minimum absolute atomic E-state index is 0.254. The molecule has 0 aliphatic carbocycles. The van der Waals surface area contributed by atoms with Gasteiger partial charge in [0.05, 0.1) is 5.60 Å². The molecule has 0 radical (unpaired) electrons. The summed E-state index contributed by atoms with van der Waals surface area (Å²) in [5, 5.41) is 13.5. The number of rotatable bonds is 5. The average molecular weight is 186 g/mol. The Morgan fingerprint density at radius 2 is 2.23 bits per heavy atom. The Hall–Kier alpha value is -0.120. The van der Waals surface area contributed by atoms with Crippen LogP contribution in [0, 0.1) is 11.8 Å². The van der Waals surface area contributed by atoms with E-state index in [4.69, 9.17) is 5.73 Å². The molecule has 1 aliphatic rings. The number of hydrogen-bond acceptors (Lipinski definition) is 3. The highest BCUT2D eigenvalue weighted by Gasteiger charge is 2.41. The van der Waals surface area contributed by atoms with E-state index in [0.29, 0.717) is 12.5 Å². The van der Waals surface area contributed by atoms with E-state index in [1.54, 1.807) is 0 Å². The molecule has 1 fully saturated rings. The van der Waals surface area contributed by atoms with Gasteiger partial charge in [-0.2, -0.15) is 0 Å². The monoisotopic (exact) mass is 186 g/mol. The topological polar surface area (TPSA) is 58.3 Å². The standard InChI is InChI=1S/C10H22N2O/c1-3-4-8(5-11)10(2,13)9-6-12-7-9/h8-9,12-13H,3-7,11H2,1-2H3. The van der Waals surface area contributed by atoms with Gasteiger partial charge in [0.2, 0.25) is 0 Å². The van der Waals surface area contributed by atoms with Gasteiger partial charge in [-0.05, 0) is 25.8 Å². The predicted molar refractivity (Wildman–Crippen MR) is 54.4 cm³/mol. The van der Waals surface area contributed by atoms with Crippen molar-refractivity contribution in [2.75, 3.05) is 19.6 Å². The molecule has 0 aromatic heterocycles. The molecular formula is C10H22N2O. The molecule has 3 nitrogen and oxygen atoms in total. The Labute approximate surface area is 80.7 Å². The van der Waals surface area contributed by atoms with Gasteiger partial charge in [-0.3, -0.25) is 0 Å². The van der Waals surface area contributed by atoms with Gasteiger partial charge >= 0.3 is 0 Å². The SMILES string of the molecule is CCCC(CN)C(C)(O)C1CNC1. The fraction of sp³-hybridized carbons (Fsp3) is 1.00. The minimum atomic E-state index is -0.573. The van der Waals surface area contributed by atoms with Gasteiger partial charge in [-0.25, -0.2) is 0 Å². The Morgan fingerprint density at radius 3 is 2.54 bits per heavy atom. The van der Waals surface area contributed by atoms with Gasteiger partial charge in [-0.1, -0.05) is 13.3 Å². The first kappa shape index (κ1) is 11.0. The molecule has 2 atom stereocenters. The molecule has 0 spiro atoms. The maximum Gasteiger partial charge on any atom is 0.0712 e. The van der Waals surface area contributed by atoms with Gasteiger partial charge in [-0.15, -0.1) is 0 Å². The summed E-state index contributed by atoms with van der Waals surface area (Å²) in [6.45, 7) is 6.54. The van der Waals surface area contributed by atoms with Crippen molar-refractivity contribution < 1.29 is 5.11 Å². The van der Waals surface area contributed by atoms with E-state index in [0.717, 1.165) is 25.9 Å². The summed E-state index contributed by atoms with van der Waals surface area (Å²) in [5.41, 5.74) is 5.11. The summed E-state index contributed by atoms with van der Waals surface area (Å²) in [6, 6.07) is 0. The van der Waals surface area contributed by atoms with E-state index < -0.39 is 5.60 Å². The Morgan fingerprint density at radius 1 is 1.62 bits per heavy atom. The van der Waals surface area contributed by atoms with Crippen LogP contribution in [0.1, 0.15) is 26.7 Å². The lowest BCUT2D eigenvalue weighted by Crippen LogP contribution is -2.58. The lowest BCUT2D eigenvalue weighted by atomic mass is 9.73. The van der Waals surface area contributed by atoms with Gasteiger partial charge in [0.25, 0.3) is 0 Å². The first-order chi connectivity index (χ1) is 6.12. The zero-order valence-electron chi connectivity index (χ0n) is 8.71. The predicted octanol–water partition coefficient (Wildman–Crippen LogP) is 0.332. The summed E-state index contributed by atoms with van der Waals surface area (Å²) in [5.74, 6) is 0.650. The number of hydrogen-bond donors (Lipinski definition) is 3. The van der Waals surface area contributed by atoms with E-state index in [1.807, 2.05) is 6.92 Å². The van der Waals surface area contributed by atoms with Crippen molar-refractivity contribution in [3.05, 3.63) is 0 Å². The van der Waals surface area contributed by atoms with Crippen molar-refractivity contribution >= 4 is 0 Å². The minimum Gasteiger partial charge on any atom is -0.389 e. The van der Waals surface area contributed by atoms with Crippen LogP contribution in [0.2, 0.25) is 0 Å². The molecule has 1 rings (SSSR count). The molecule has 1 heterocycles. The third kappa shape index (κ3) is 2.22. The largest absolute Gasteiger partial charge is 0.389 e. The normalized spacial score (nSPS) is 24.9. The molecule has 1 saturated heterocycles. The van der Waals surface area contributed by atoms with Crippen molar-refractivity contribution in [2.24, 2.45) is 17.6 Å². The van der Waals surface area contributed by atoms with Crippen LogP contribution in [-0.4, -0.2) is 30.3 Å². The number of nitrogens with two attached hydrogens (primary N) is 1. The highest BCUT2D eigenvalue weighted by molar-refractivity contribution is 4.95. The zero-order chi connectivity index (χ0) is 9.90. The lowest BCUT2D eigenvalue weighted by Gasteiger charge is -2.44. The number of nitrogens with one attached hydrogen (secondary N) is 1. The maximum absolute atomic E-state index is 10.3. The van der Waals surface area contributed by atoms with Crippen molar-refractivity contribution in [3.8, 4) is 0 Å². The first-order valence-electron chi connectivity index (χ1n) is 5.26. The van der Waals surface area contributed by atoms with E-state index in [2.05, 4.69) is 12.2 Å². The van der Waals surface area contributed by atoms with E-state index in [9.17, 15) is 5.11 Å². The highest BCUT2D eigenvalue weighted by atomic mass is 16.3. The fourth-order valence-electron chi connectivity index (χ4n) is 2.03. The molecule has 0 saturated carbocycles. The summed E-state index contributed by atoms with van der Waals surface area (Å²) in [4.78, 5) is 0. The van der Waals surface area contributed by atoms with Gasteiger partial charge < -0.3 is 16.2 Å². The summed E-state index contributed by atoms with van der Waals surface area (Å²) in [6.07, 6.45) is 2.12. The summed E-state index contributed by atoms with van der Waals surface area (Å²) < 4.78 is 0. The van der Waals surface area contributed by atoms with E-state index in [-0.39, 0.29) is 5.92 Å². The fourth-order valence-corrected chi connectivity index (χ4v) is 2.03. The molecule has 0 aromatic carbocycles. The van der Waals surface area contributed by atoms with Crippen molar-refractivity contribution in [2.45, 2.75) is 32.3 Å². The first-order valence-corrected chi connectivity index (χ1v) is 5.26. The molecule has 1 aliphatic heterocycles. The molecule has 3 heteroatoms. The molecule has 2 unspecified atom stereocenters. The summed E-state index contributed by atoms with van der Waals surface area (Å²) >= 11 is 0. The second-order valence-electron chi connectivity index (χ2n) is 4.30. The highest BCUT2D eigenvalue weighted by Crippen LogP contribution is 2.31. The maximum atomic E-state index is 10.3. The number of aliphatic hydroxyl groups is 1. The zero-order valence-corrected chi connectivity index (χ0v) is 8.71. The van der Waals surface area contributed by atoms with E-state index >= 15 is 0 Å². The Kier molecular flexibility index (Phi) is 3.71. The van der Waals surface area contributed by atoms with Crippen LogP contribution in [0.15, 0.2) is 0 Å². The van der Waals surface area contributed by atoms with Gasteiger partial charge in [0, 0.05) is 19.0 Å². The van der Waals surface area contributed by atoms with Crippen LogP contribution in [0.4, 0.5) is 0 Å². The summed E-state index contributed by atoms with van der Waals surface area (Å²) in [7, 11) is 0. The Bertz CT molecular complexity index is 155. The lowest BCUT2D eigenvalue weighted by molar-refractivity contribution is -0.0708. The molecule has 0 aromatic rings. The molecule has 0 amide bonds. The van der Waals surface area contributed by atoms with Gasteiger partial charge in [0.15, 0.2) is 0 Å². The van der Waals surface area contributed by atoms with Crippen molar-refractivity contribution in [1.82, 2.24) is 5.32 Å². The molecule has 13 heavy (non-hydrogen) atoms. The van der Waals surface area contributed by atoms with Crippen LogP contribution < -0.4 is 11.1 Å². The molecule has 4 N–H and O–H groups in total. The third-order valence-corrected chi connectivity index (χ3v) is 3.36. The molecular weight excluding hydrogens is 164 g/mol. The molecule has 0 bridgehead atoms. The van der Waals surface area contributed by atoms with Crippen LogP contribution in [0.25, 0.3) is 0 Å². The van der Waals surface area contributed by atoms with Crippen LogP contribution in [0.3, 0.4) is 0 Å². The second kappa shape index (κ2) is 4.40. The Balaban J connectivity index is 2.52. The van der Waals surface area contributed by atoms with Crippen LogP contribution in [-0.2, 0) is 0 Å². The third-order valence-electron chi connectivity index (χ3n) is 3.36. The quantitative estimate of drug-likeness (QED) is 0.580. The van der Waals surface area contributed by atoms with Crippen LogP contribution >= 0.6 is 0 Å².